The van der Waals surface area contributed by atoms with Gasteiger partial charge in [0.1, 0.15) is 25.5 Å². The number of ether oxygens (including phenoxy) is 3. The van der Waals surface area contributed by atoms with E-state index in [2.05, 4.69) is 11.9 Å². The molecule has 0 saturated carbocycles. The summed E-state index contributed by atoms with van der Waals surface area (Å²) < 4.78 is 18.2. The van der Waals surface area contributed by atoms with E-state index in [-0.39, 0.29) is 25.0 Å². The average molecular weight is 457 g/mol. The van der Waals surface area contributed by atoms with Crippen molar-refractivity contribution in [2.45, 2.75) is 45.8 Å². The minimum Gasteiger partial charge on any atom is -0.486 e. The van der Waals surface area contributed by atoms with E-state index in [1.54, 1.807) is 16.7 Å². The molecule has 0 N–H and O–H groups in total. The van der Waals surface area contributed by atoms with Crippen LogP contribution in [0.3, 0.4) is 0 Å². The minimum atomic E-state index is -0.412. The lowest BCUT2D eigenvalue weighted by molar-refractivity contribution is -0.144. The summed E-state index contributed by atoms with van der Waals surface area (Å²) in [5, 5.41) is 0.418. The van der Waals surface area contributed by atoms with Gasteiger partial charge in [0.2, 0.25) is 0 Å². The molecular formula is C24H25ClN2O5. The first-order chi connectivity index (χ1) is 15.6. The molecule has 4 rings (SSSR count). The molecule has 0 bridgehead atoms. The molecule has 168 valence electrons. The van der Waals surface area contributed by atoms with Gasteiger partial charge in [-0.05, 0) is 36.2 Å². The van der Waals surface area contributed by atoms with Crippen molar-refractivity contribution in [1.29, 1.82) is 0 Å². The van der Waals surface area contributed by atoms with Crippen molar-refractivity contribution in [1.82, 2.24) is 9.55 Å². The van der Waals surface area contributed by atoms with E-state index in [0.717, 1.165) is 23.9 Å². The van der Waals surface area contributed by atoms with E-state index in [1.807, 2.05) is 24.3 Å². The van der Waals surface area contributed by atoms with Crippen LogP contribution in [0.25, 0.3) is 11.0 Å². The number of hydrogen-bond donors (Lipinski definition) is 0. The molecule has 1 aliphatic heterocycles. The van der Waals surface area contributed by atoms with Gasteiger partial charge in [0, 0.05) is 13.0 Å². The van der Waals surface area contributed by atoms with Gasteiger partial charge in [-0.25, -0.2) is 4.98 Å². The van der Waals surface area contributed by atoms with Gasteiger partial charge < -0.3 is 18.8 Å². The fourth-order valence-corrected chi connectivity index (χ4v) is 3.94. The Hall–Kier alpha value is -3.06. The molecule has 1 aliphatic rings. The number of para-hydroxylation sites is 2. The lowest BCUT2D eigenvalue weighted by Gasteiger charge is -2.20. The second kappa shape index (κ2) is 10.0. The van der Waals surface area contributed by atoms with E-state index in [0.29, 0.717) is 47.5 Å². The molecule has 0 saturated heterocycles. The smallest absolute Gasteiger partial charge is 0.306 e. The Balaban J connectivity index is 1.42. The van der Waals surface area contributed by atoms with Crippen molar-refractivity contribution >= 4 is 28.6 Å². The minimum absolute atomic E-state index is 0.0566. The number of aromatic nitrogens is 2. The highest BCUT2D eigenvalue weighted by atomic mass is 35.5. The second-order valence-electron chi connectivity index (χ2n) is 7.62. The number of halogens is 1. The first-order valence-electron chi connectivity index (χ1n) is 10.8. The number of esters is 1. The van der Waals surface area contributed by atoms with Gasteiger partial charge in [-0.1, -0.05) is 37.1 Å². The molecule has 0 radical (unpaired) electrons. The lowest BCUT2D eigenvalue weighted by atomic mass is 10.2. The summed E-state index contributed by atoms with van der Waals surface area (Å²) in [4.78, 5) is 29.8. The van der Waals surface area contributed by atoms with Crippen molar-refractivity contribution in [3.05, 3.63) is 63.0 Å². The summed E-state index contributed by atoms with van der Waals surface area (Å²) in [5.41, 5.74) is 2.49. The molecule has 2 heterocycles. The molecule has 2 aromatic carbocycles. The van der Waals surface area contributed by atoms with Gasteiger partial charge in [-0.3, -0.25) is 9.59 Å². The first kappa shape index (κ1) is 22.1. The number of aryl methyl sites for hydroxylation is 2. The molecule has 8 heteroatoms. The maximum absolute atomic E-state index is 13.0. The summed E-state index contributed by atoms with van der Waals surface area (Å²) >= 11 is 6.23. The van der Waals surface area contributed by atoms with Crippen LogP contribution in [0.2, 0.25) is 5.02 Å². The van der Waals surface area contributed by atoms with Gasteiger partial charge in [-0.15, -0.1) is 0 Å². The van der Waals surface area contributed by atoms with Crippen LogP contribution >= 0.6 is 11.6 Å². The zero-order valence-electron chi connectivity index (χ0n) is 17.9. The van der Waals surface area contributed by atoms with Gasteiger partial charge >= 0.3 is 5.97 Å². The molecular weight excluding hydrogens is 432 g/mol. The normalized spacial score (nSPS) is 12.7. The van der Waals surface area contributed by atoms with Crippen LogP contribution in [0, 0.1) is 0 Å². The van der Waals surface area contributed by atoms with Crippen molar-refractivity contribution in [2.75, 3.05) is 13.2 Å². The molecule has 3 aromatic rings. The Morgan fingerprint density at radius 2 is 2.03 bits per heavy atom. The van der Waals surface area contributed by atoms with Crippen molar-refractivity contribution < 1.29 is 19.0 Å². The SMILES string of the molecule is CCCCn1c(=O)c(CCC(=O)OCc2cc(Cl)c3c(c2)OCCO3)nc2ccccc21. The Morgan fingerprint density at radius 1 is 1.22 bits per heavy atom. The molecule has 0 unspecified atom stereocenters. The highest BCUT2D eigenvalue weighted by Crippen LogP contribution is 2.38. The molecule has 32 heavy (non-hydrogen) atoms. The molecule has 0 spiro atoms. The molecule has 0 fully saturated rings. The fraction of sp³-hybridized carbons (Fsp3) is 0.375. The largest absolute Gasteiger partial charge is 0.486 e. The zero-order chi connectivity index (χ0) is 22.5. The molecule has 7 nitrogen and oxygen atoms in total. The van der Waals surface area contributed by atoms with Crippen LogP contribution in [0.5, 0.6) is 11.5 Å². The summed E-state index contributed by atoms with van der Waals surface area (Å²) in [6, 6.07) is 11.0. The Labute approximate surface area is 190 Å². The number of rotatable bonds is 8. The Kier molecular flexibility index (Phi) is 6.95. The van der Waals surface area contributed by atoms with Crippen LogP contribution < -0.4 is 15.0 Å². The summed E-state index contributed by atoms with van der Waals surface area (Å²) in [5.74, 6) is 0.642. The van der Waals surface area contributed by atoms with Crippen LogP contribution in [-0.2, 0) is 29.1 Å². The van der Waals surface area contributed by atoms with Gasteiger partial charge in [0.25, 0.3) is 5.56 Å². The highest BCUT2D eigenvalue weighted by Gasteiger charge is 2.18. The van der Waals surface area contributed by atoms with E-state index in [1.165, 1.54) is 0 Å². The van der Waals surface area contributed by atoms with E-state index < -0.39 is 5.97 Å². The quantitative estimate of drug-likeness (QED) is 0.470. The number of carbonyl (C=O) groups is 1. The number of unbranched alkanes of at least 4 members (excludes halogenated alkanes) is 1. The van der Waals surface area contributed by atoms with E-state index in [4.69, 9.17) is 25.8 Å². The summed E-state index contributed by atoms with van der Waals surface area (Å²) in [6.45, 7) is 3.66. The average Bonchev–Trinajstić information content (AvgIpc) is 2.81. The van der Waals surface area contributed by atoms with Crippen molar-refractivity contribution in [3.63, 3.8) is 0 Å². The van der Waals surface area contributed by atoms with Crippen LogP contribution in [-0.4, -0.2) is 28.7 Å². The number of hydrogen-bond acceptors (Lipinski definition) is 6. The molecule has 0 amide bonds. The number of fused-ring (bicyclic) bond motifs is 2. The number of nitrogens with zero attached hydrogens (tertiary/aromatic N) is 2. The predicted molar refractivity (Wildman–Crippen MR) is 121 cm³/mol. The lowest BCUT2D eigenvalue weighted by Crippen LogP contribution is -2.26. The standard InChI is InChI=1S/C24H25ClN2O5/c1-2-3-10-27-20-7-5-4-6-18(20)26-19(24(27)29)8-9-22(28)32-15-16-13-17(25)23-21(14-16)30-11-12-31-23/h4-7,13-14H,2-3,8-12,15H2,1H3. The third kappa shape index (κ3) is 4.88. The van der Waals surface area contributed by atoms with Gasteiger partial charge in [0.05, 0.1) is 22.5 Å². The predicted octanol–water partition coefficient (Wildman–Crippen LogP) is 4.30. The van der Waals surface area contributed by atoms with Gasteiger partial charge in [-0.2, -0.15) is 0 Å². The van der Waals surface area contributed by atoms with Crippen LogP contribution in [0.15, 0.2) is 41.2 Å². The van der Waals surface area contributed by atoms with Gasteiger partial charge in [0.15, 0.2) is 11.5 Å². The third-order valence-corrected chi connectivity index (χ3v) is 5.56. The van der Waals surface area contributed by atoms with Crippen LogP contribution in [0.4, 0.5) is 0 Å². The van der Waals surface area contributed by atoms with Crippen molar-refractivity contribution in [2.24, 2.45) is 0 Å². The topological polar surface area (TPSA) is 79.7 Å². The molecule has 0 atom stereocenters. The van der Waals surface area contributed by atoms with E-state index in [9.17, 15) is 9.59 Å². The van der Waals surface area contributed by atoms with Crippen molar-refractivity contribution in [3.8, 4) is 11.5 Å². The third-order valence-electron chi connectivity index (χ3n) is 5.28. The summed E-state index contributed by atoms with van der Waals surface area (Å²) in [6.07, 6.45) is 2.16. The number of benzene rings is 2. The maximum atomic E-state index is 13.0. The Bertz CT molecular complexity index is 1190. The maximum Gasteiger partial charge on any atom is 0.306 e. The fourth-order valence-electron chi connectivity index (χ4n) is 3.65. The highest BCUT2D eigenvalue weighted by molar-refractivity contribution is 6.32. The van der Waals surface area contributed by atoms with Crippen LogP contribution in [0.1, 0.15) is 37.4 Å². The zero-order valence-corrected chi connectivity index (χ0v) is 18.7. The summed E-state index contributed by atoms with van der Waals surface area (Å²) in [7, 11) is 0. The second-order valence-corrected chi connectivity index (χ2v) is 8.03. The molecule has 1 aromatic heterocycles. The molecule has 0 aliphatic carbocycles. The first-order valence-corrected chi connectivity index (χ1v) is 11.2. The monoisotopic (exact) mass is 456 g/mol. The Morgan fingerprint density at radius 3 is 2.88 bits per heavy atom. The number of carbonyl (C=O) groups excluding carboxylic acids is 1. The van der Waals surface area contributed by atoms with E-state index >= 15 is 0 Å².